The lowest BCUT2D eigenvalue weighted by molar-refractivity contribution is 0.236. The van der Waals surface area contributed by atoms with Crippen LogP contribution >= 0.6 is 0 Å². The number of nitrogens with zero attached hydrogens (tertiary/aromatic N) is 5. The van der Waals surface area contributed by atoms with Gasteiger partial charge < -0.3 is 51.6 Å². The van der Waals surface area contributed by atoms with E-state index in [-0.39, 0.29) is 23.8 Å². The van der Waals surface area contributed by atoms with Crippen molar-refractivity contribution < 1.29 is 14.4 Å². The molecule has 0 radical (unpaired) electrons. The van der Waals surface area contributed by atoms with E-state index in [2.05, 4.69) is 42.9 Å². The maximum absolute atomic E-state index is 9.62. The highest BCUT2D eigenvalue weighted by Gasteiger charge is 1.94. The molecule has 18 heteroatoms. The number of carbonyl (C=O) groups is 3. The summed E-state index contributed by atoms with van der Waals surface area (Å²) in [4.78, 5) is 41.6. The number of anilines is 3. The van der Waals surface area contributed by atoms with Gasteiger partial charge in [0.05, 0.1) is 0 Å². The number of hydrogen-bond donors (Lipinski definition) is 10. The molecule has 0 spiro atoms. The van der Waals surface area contributed by atoms with Crippen molar-refractivity contribution >= 4 is 41.9 Å². The van der Waals surface area contributed by atoms with Crippen LogP contribution in [0.5, 0.6) is 0 Å². The number of carbonyl (C=O) groups excluding carboxylic acids is 3. The lowest BCUT2D eigenvalue weighted by atomic mass is 10.9. The van der Waals surface area contributed by atoms with Gasteiger partial charge in [-0.15, -0.1) is 4.99 Å². The number of rotatable bonds is 0. The van der Waals surface area contributed by atoms with Crippen LogP contribution in [0.4, 0.5) is 32.2 Å². The number of aromatic nitrogens is 3. The van der Waals surface area contributed by atoms with Crippen molar-refractivity contribution in [2.45, 2.75) is 0 Å². The van der Waals surface area contributed by atoms with E-state index in [1.54, 1.807) is 5.32 Å². The first-order valence-corrected chi connectivity index (χ1v) is 5.72. The van der Waals surface area contributed by atoms with E-state index in [9.17, 15) is 9.59 Å². The van der Waals surface area contributed by atoms with Gasteiger partial charge in [-0.25, -0.2) is 14.4 Å². The Morgan fingerprint density at radius 2 is 1.08 bits per heavy atom. The number of primary amides is 4. The lowest BCUT2D eigenvalue weighted by Crippen LogP contribution is -2.38. The molecular weight excluding hydrogens is 354 g/mol. The van der Waals surface area contributed by atoms with E-state index >= 15 is 0 Å². The predicted molar refractivity (Wildman–Crippen MR) is 90.6 cm³/mol. The Morgan fingerprint density at radius 3 is 1.15 bits per heavy atom. The summed E-state index contributed by atoms with van der Waals surface area (Å²) in [5.41, 5.74) is 42.2. The second kappa shape index (κ2) is 15.1. The zero-order valence-corrected chi connectivity index (χ0v) is 13.2. The summed E-state index contributed by atoms with van der Waals surface area (Å²) in [5, 5.41) is 9.22. The first-order valence-electron chi connectivity index (χ1n) is 5.72. The van der Waals surface area contributed by atoms with Gasteiger partial charge in [0.15, 0.2) is 0 Å². The second-order valence-electron chi connectivity index (χ2n) is 3.30. The van der Waals surface area contributed by atoms with Crippen LogP contribution in [0.1, 0.15) is 0 Å². The number of guanidine groups is 1. The monoisotopic (exact) mass is 373 g/mol. The molecule has 18 nitrogen and oxygen atoms in total. The van der Waals surface area contributed by atoms with E-state index in [0.717, 1.165) is 0 Å². The molecule has 0 saturated carbocycles. The van der Waals surface area contributed by atoms with Crippen LogP contribution in [0.3, 0.4) is 0 Å². The zero-order chi connectivity index (χ0) is 21.3. The Balaban J connectivity index is -0.000000283. The average Bonchev–Trinajstić information content (AvgIpc) is 2.35. The molecule has 6 amide bonds. The van der Waals surface area contributed by atoms with Crippen LogP contribution in [0, 0.1) is 11.5 Å². The summed E-state index contributed by atoms with van der Waals surface area (Å²) in [6.07, 6.45) is 1.41. The first kappa shape index (κ1) is 26.1. The molecule has 0 unspecified atom stereocenters. The SMILES string of the molecule is N#CN=C(N)N.NC(=O)NC(N)=O.NC(N)=O.Nc1nc(N)nc(N)n1. The fraction of sp³-hybridized carbons (Fsp3) is 0. The van der Waals surface area contributed by atoms with Gasteiger partial charge in [-0.3, -0.25) is 5.32 Å². The van der Waals surface area contributed by atoms with Crippen LogP contribution < -0.4 is 56.9 Å². The van der Waals surface area contributed by atoms with Crippen LogP contribution in [0.2, 0.25) is 0 Å². The van der Waals surface area contributed by atoms with Crippen LogP contribution in [0.15, 0.2) is 4.99 Å². The van der Waals surface area contributed by atoms with E-state index < -0.39 is 18.1 Å². The largest absolute Gasteiger partial charge is 0.369 e. The molecule has 0 aliphatic rings. The minimum Gasteiger partial charge on any atom is -0.369 e. The van der Waals surface area contributed by atoms with E-state index in [0.29, 0.717) is 0 Å². The fourth-order valence-corrected chi connectivity index (χ4v) is 0.606. The highest BCUT2D eigenvalue weighted by atomic mass is 16.2. The normalized spacial score (nSPS) is 7.50. The van der Waals surface area contributed by atoms with Crippen LogP contribution in [-0.4, -0.2) is 39.0 Å². The summed E-state index contributed by atoms with van der Waals surface area (Å²) in [5.74, 6) is -0.0718. The first-order chi connectivity index (χ1) is 11.8. The summed E-state index contributed by atoms with van der Waals surface area (Å²) >= 11 is 0. The van der Waals surface area contributed by atoms with E-state index in [1.807, 2.05) is 0 Å². The topological polar surface area (TPSA) is 372 Å². The number of aliphatic imine (C=N–C) groups is 1. The smallest absolute Gasteiger partial charge is 0.320 e. The van der Waals surface area contributed by atoms with Gasteiger partial charge in [0.2, 0.25) is 30.0 Å². The average molecular weight is 373 g/mol. The molecular formula is C8H19N15O3. The molecule has 0 saturated heterocycles. The number of nitrogens with two attached hydrogens (primary N) is 9. The van der Waals surface area contributed by atoms with Crippen LogP contribution in [0.25, 0.3) is 0 Å². The third-order valence-electron chi connectivity index (χ3n) is 1.11. The standard InChI is InChI=1S/C3H6N6.C2H4N4.C2H5N3O2.CH4N2O/c4-1-7-2(5)9-3(6)8-1;3-1-6-2(4)5;3-1(6)5-2(4)7;2-1(3)4/h(H6,4,5,6,7,8,9);(H4,4,5,6);(H5,3,4,5,6,7);(H4,2,3,4). The van der Waals surface area contributed by atoms with Gasteiger partial charge in [-0.1, -0.05) is 0 Å². The molecule has 0 aliphatic carbocycles. The van der Waals surface area contributed by atoms with Gasteiger partial charge in [0.25, 0.3) is 0 Å². The summed E-state index contributed by atoms with van der Waals surface area (Å²) in [6, 6.07) is -2.71. The van der Waals surface area contributed by atoms with Crippen molar-refractivity contribution in [1.82, 2.24) is 20.3 Å². The molecule has 1 heterocycles. The highest BCUT2D eigenvalue weighted by Crippen LogP contribution is 1.97. The minimum atomic E-state index is -0.938. The molecule has 0 fully saturated rings. The summed E-state index contributed by atoms with van der Waals surface area (Å²) in [6.45, 7) is 0. The van der Waals surface area contributed by atoms with Crippen LogP contribution in [-0.2, 0) is 0 Å². The number of nitrogens with one attached hydrogen (secondary N) is 1. The second-order valence-corrected chi connectivity index (χ2v) is 3.30. The summed E-state index contributed by atoms with van der Waals surface area (Å²) in [7, 11) is 0. The third-order valence-corrected chi connectivity index (χ3v) is 1.11. The van der Waals surface area contributed by atoms with Gasteiger partial charge in [-0.2, -0.15) is 20.2 Å². The molecule has 0 aromatic carbocycles. The third kappa shape index (κ3) is 31.5. The minimum absolute atomic E-state index is 0.0417. The van der Waals surface area contributed by atoms with Crippen molar-refractivity contribution in [2.75, 3.05) is 17.2 Å². The Hall–Kier alpha value is -4.82. The molecule has 19 N–H and O–H groups in total. The molecule has 0 bridgehead atoms. The predicted octanol–water partition coefficient (Wildman–Crippen LogP) is -4.88. The number of hydrogen-bond acceptors (Lipinski definition) is 11. The molecule has 1 aromatic heterocycles. The Morgan fingerprint density at radius 1 is 0.808 bits per heavy atom. The maximum Gasteiger partial charge on any atom is 0.320 e. The zero-order valence-electron chi connectivity index (χ0n) is 13.2. The van der Waals surface area contributed by atoms with Gasteiger partial charge in [-0.05, 0) is 0 Å². The molecule has 1 rings (SSSR count). The van der Waals surface area contributed by atoms with E-state index in [1.165, 1.54) is 6.19 Å². The number of nitrogen functional groups attached to an aromatic ring is 3. The Bertz CT molecular complexity index is 595. The van der Waals surface area contributed by atoms with Gasteiger partial charge in [0.1, 0.15) is 0 Å². The molecule has 0 atom stereocenters. The number of imide groups is 1. The Labute approximate surface area is 145 Å². The van der Waals surface area contributed by atoms with Crippen molar-refractivity contribution in [3.05, 3.63) is 0 Å². The number of urea groups is 3. The van der Waals surface area contributed by atoms with E-state index in [4.69, 9.17) is 38.7 Å². The van der Waals surface area contributed by atoms with Crippen molar-refractivity contribution in [3.63, 3.8) is 0 Å². The van der Waals surface area contributed by atoms with Crippen molar-refractivity contribution in [2.24, 2.45) is 39.4 Å². The molecule has 0 aliphatic heterocycles. The van der Waals surface area contributed by atoms with Crippen molar-refractivity contribution in [1.29, 1.82) is 5.26 Å². The maximum atomic E-state index is 9.62. The lowest BCUT2D eigenvalue weighted by Gasteiger charge is -1.93. The number of nitriles is 1. The van der Waals surface area contributed by atoms with Crippen molar-refractivity contribution in [3.8, 4) is 6.19 Å². The highest BCUT2D eigenvalue weighted by molar-refractivity contribution is 5.91. The van der Waals surface area contributed by atoms with Gasteiger partial charge in [0, 0.05) is 0 Å². The summed E-state index contributed by atoms with van der Waals surface area (Å²) < 4.78 is 0. The molecule has 144 valence electrons. The fourth-order valence-electron chi connectivity index (χ4n) is 0.606. The quantitative estimate of drug-likeness (QED) is 0.116. The molecule has 26 heavy (non-hydrogen) atoms. The molecule has 1 aromatic rings. The number of amides is 6. The Kier molecular flexibility index (Phi) is 15.1. The van der Waals surface area contributed by atoms with Gasteiger partial charge >= 0.3 is 18.1 Å².